The molecule has 0 heterocycles. The van der Waals surface area contributed by atoms with Crippen molar-refractivity contribution < 1.29 is 5.11 Å². The molecule has 0 aromatic rings. The van der Waals surface area contributed by atoms with Crippen molar-refractivity contribution in [1.29, 1.82) is 0 Å². The van der Waals surface area contributed by atoms with Gasteiger partial charge in [0.05, 0.1) is 5.60 Å². The van der Waals surface area contributed by atoms with Crippen LogP contribution in [-0.2, 0) is 0 Å². The van der Waals surface area contributed by atoms with Gasteiger partial charge in [-0.15, -0.1) is 0 Å². The van der Waals surface area contributed by atoms with Crippen molar-refractivity contribution in [3.8, 4) is 0 Å². The lowest BCUT2D eigenvalue weighted by atomic mass is 9.99. The summed E-state index contributed by atoms with van der Waals surface area (Å²) in [6.45, 7) is 9.89. The maximum Gasteiger partial charge on any atom is 0.0741 e. The molecule has 0 bridgehead atoms. The van der Waals surface area contributed by atoms with Crippen LogP contribution in [0.1, 0.15) is 40.0 Å². The van der Waals surface area contributed by atoms with Crippen molar-refractivity contribution in [2.45, 2.75) is 45.6 Å². The van der Waals surface area contributed by atoms with Gasteiger partial charge in [0.15, 0.2) is 0 Å². The molecule has 0 aliphatic rings. The first-order valence-electron chi connectivity index (χ1n) is 5.70. The molecule has 0 saturated heterocycles. The number of aliphatic hydroxyl groups is 1. The van der Waals surface area contributed by atoms with E-state index < -0.39 is 5.60 Å². The third-order valence-electron chi connectivity index (χ3n) is 2.77. The molecule has 1 atom stereocenters. The summed E-state index contributed by atoms with van der Waals surface area (Å²) in [6.07, 6.45) is 3.02. The van der Waals surface area contributed by atoms with E-state index in [1.807, 2.05) is 6.92 Å². The lowest BCUT2D eigenvalue weighted by molar-refractivity contribution is 0.0565. The van der Waals surface area contributed by atoms with Gasteiger partial charge in [-0.2, -0.15) is 0 Å². The first kappa shape index (κ1) is 13.9. The Balaban J connectivity index is 3.45. The second-order valence-electron chi connectivity index (χ2n) is 4.19. The number of nitrogens with two attached hydrogens (primary N) is 1. The molecule has 86 valence electrons. The van der Waals surface area contributed by atoms with Crippen molar-refractivity contribution in [3.63, 3.8) is 0 Å². The molecule has 0 saturated carbocycles. The van der Waals surface area contributed by atoms with Gasteiger partial charge in [0.25, 0.3) is 0 Å². The van der Waals surface area contributed by atoms with Crippen LogP contribution in [0.15, 0.2) is 0 Å². The Morgan fingerprint density at radius 3 is 2.21 bits per heavy atom. The summed E-state index contributed by atoms with van der Waals surface area (Å²) < 4.78 is 0. The molecule has 0 aliphatic heterocycles. The zero-order valence-electron chi connectivity index (χ0n) is 9.92. The highest BCUT2D eigenvalue weighted by Gasteiger charge is 2.16. The fourth-order valence-electron chi connectivity index (χ4n) is 1.48. The maximum absolute atomic E-state index is 9.66. The van der Waals surface area contributed by atoms with Crippen LogP contribution in [0.5, 0.6) is 0 Å². The normalized spacial score (nSPS) is 15.9. The van der Waals surface area contributed by atoms with Gasteiger partial charge in [-0.05, 0) is 45.8 Å². The topological polar surface area (TPSA) is 49.5 Å². The van der Waals surface area contributed by atoms with Gasteiger partial charge in [0.1, 0.15) is 0 Å². The first-order valence-corrected chi connectivity index (χ1v) is 5.70. The molecule has 0 amide bonds. The van der Waals surface area contributed by atoms with Crippen molar-refractivity contribution >= 4 is 0 Å². The van der Waals surface area contributed by atoms with Gasteiger partial charge >= 0.3 is 0 Å². The van der Waals surface area contributed by atoms with E-state index in [9.17, 15) is 5.11 Å². The Kier molecular flexibility index (Phi) is 7.15. The summed E-state index contributed by atoms with van der Waals surface area (Å²) in [6, 6.07) is 0. The van der Waals surface area contributed by atoms with Crippen molar-refractivity contribution in [2.75, 3.05) is 26.2 Å². The summed E-state index contributed by atoms with van der Waals surface area (Å²) in [5, 5.41) is 9.66. The Labute approximate surface area is 88.3 Å². The molecule has 0 rings (SSSR count). The Hall–Kier alpha value is -0.120. The van der Waals surface area contributed by atoms with E-state index in [4.69, 9.17) is 5.73 Å². The fourth-order valence-corrected chi connectivity index (χ4v) is 1.48. The van der Waals surface area contributed by atoms with Crippen molar-refractivity contribution in [3.05, 3.63) is 0 Å². The van der Waals surface area contributed by atoms with Crippen LogP contribution in [0.2, 0.25) is 0 Å². The number of hydrogen-bond acceptors (Lipinski definition) is 3. The molecule has 0 aliphatic carbocycles. The molecular weight excluding hydrogens is 176 g/mol. The molecule has 0 radical (unpaired) electrons. The summed E-state index contributed by atoms with van der Waals surface area (Å²) in [5.74, 6) is 0. The number of hydrogen-bond donors (Lipinski definition) is 2. The highest BCUT2D eigenvalue weighted by molar-refractivity contribution is 4.72. The molecule has 0 aromatic heterocycles. The lowest BCUT2D eigenvalue weighted by Gasteiger charge is -2.22. The average Bonchev–Trinajstić information content (AvgIpc) is 2.18. The van der Waals surface area contributed by atoms with Gasteiger partial charge in [0.2, 0.25) is 0 Å². The van der Waals surface area contributed by atoms with E-state index in [-0.39, 0.29) is 0 Å². The number of nitrogens with zero attached hydrogens (tertiary/aromatic N) is 1. The van der Waals surface area contributed by atoms with Gasteiger partial charge in [0, 0.05) is 6.54 Å². The summed E-state index contributed by atoms with van der Waals surface area (Å²) in [4.78, 5) is 2.40. The molecule has 0 fully saturated rings. The summed E-state index contributed by atoms with van der Waals surface area (Å²) in [7, 11) is 0. The fraction of sp³-hybridized carbons (Fsp3) is 1.00. The van der Waals surface area contributed by atoms with E-state index in [2.05, 4.69) is 18.7 Å². The van der Waals surface area contributed by atoms with Gasteiger partial charge in [-0.25, -0.2) is 0 Å². The zero-order chi connectivity index (χ0) is 11.0. The minimum Gasteiger partial charge on any atom is -0.389 e. The lowest BCUT2D eigenvalue weighted by Crippen LogP contribution is -2.34. The van der Waals surface area contributed by atoms with Gasteiger partial charge < -0.3 is 15.7 Å². The molecule has 14 heavy (non-hydrogen) atoms. The molecule has 0 aromatic carbocycles. The second-order valence-corrected chi connectivity index (χ2v) is 4.19. The van der Waals surface area contributed by atoms with E-state index in [0.29, 0.717) is 6.54 Å². The van der Waals surface area contributed by atoms with Crippen LogP contribution in [-0.4, -0.2) is 41.8 Å². The highest BCUT2D eigenvalue weighted by Crippen LogP contribution is 2.11. The molecule has 3 N–H and O–H groups in total. The number of unbranched alkanes of at least 4 members (excludes halogenated alkanes) is 1. The van der Waals surface area contributed by atoms with Crippen LogP contribution >= 0.6 is 0 Å². The SMILES string of the molecule is CCN(CC)CCCCC(C)(O)CN. The molecular formula is C11H26N2O. The van der Waals surface area contributed by atoms with Crippen LogP contribution in [0, 0.1) is 0 Å². The second kappa shape index (κ2) is 7.21. The van der Waals surface area contributed by atoms with Gasteiger partial charge in [-0.1, -0.05) is 13.8 Å². The maximum atomic E-state index is 9.66. The molecule has 3 nitrogen and oxygen atoms in total. The Morgan fingerprint density at radius 1 is 1.21 bits per heavy atom. The third kappa shape index (κ3) is 6.35. The Morgan fingerprint density at radius 2 is 1.79 bits per heavy atom. The quantitative estimate of drug-likeness (QED) is 0.582. The standard InChI is InChI=1S/C11H26N2O/c1-4-13(5-2)9-7-6-8-11(3,14)10-12/h14H,4-10,12H2,1-3H3. The van der Waals surface area contributed by atoms with Crippen LogP contribution < -0.4 is 5.73 Å². The average molecular weight is 202 g/mol. The predicted molar refractivity (Wildman–Crippen MR) is 61.3 cm³/mol. The minimum atomic E-state index is -0.663. The van der Waals surface area contributed by atoms with Crippen LogP contribution in [0.25, 0.3) is 0 Å². The molecule has 3 heteroatoms. The summed E-state index contributed by atoms with van der Waals surface area (Å²) >= 11 is 0. The van der Waals surface area contributed by atoms with Crippen molar-refractivity contribution in [2.24, 2.45) is 5.73 Å². The molecule has 1 unspecified atom stereocenters. The summed E-state index contributed by atoms with van der Waals surface area (Å²) in [5.41, 5.74) is 4.78. The van der Waals surface area contributed by atoms with E-state index in [0.717, 1.165) is 38.9 Å². The monoisotopic (exact) mass is 202 g/mol. The highest BCUT2D eigenvalue weighted by atomic mass is 16.3. The van der Waals surface area contributed by atoms with E-state index in [1.54, 1.807) is 0 Å². The van der Waals surface area contributed by atoms with Crippen LogP contribution in [0.4, 0.5) is 0 Å². The number of rotatable bonds is 8. The van der Waals surface area contributed by atoms with Crippen molar-refractivity contribution in [1.82, 2.24) is 4.90 Å². The third-order valence-corrected chi connectivity index (χ3v) is 2.77. The molecule has 0 spiro atoms. The largest absolute Gasteiger partial charge is 0.389 e. The zero-order valence-corrected chi connectivity index (χ0v) is 9.92. The Bertz CT molecular complexity index is 133. The van der Waals surface area contributed by atoms with Crippen LogP contribution in [0.3, 0.4) is 0 Å². The van der Waals surface area contributed by atoms with E-state index in [1.165, 1.54) is 0 Å². The first-order chi connectivity index (χ1) is 6.55. The minimum absolute atomic E-state index is 0.359. The van der Waals surface area contributed by atoms with E-state index >= 15 is 0 Å². The predicted octanol–water partition coefficient (Wildman–Crippen LogP) is 1.21. The smallest absolute Gasteiger partial charge is 0.0741 e. The van der Waals surface area contributed by atoms with Gasteiger partial charge in [-0.3, -0.25) is 0 Å².